The van der Waals surface area contributed by atoms with Crippen LogP contribution in [0.5, 0.6) is 0 Å². The Labute approximate surface area is 123 Å². The molecule has 0 aliphatic heterocycles. The number of thiophene rings is 1. The summed E-state index contributed by atoms with van der Waals surface area (Å²) in [4.78, 5) is 17.8. The first-order valence-corrected chi connectivity index (χ1v) is 7.65. The molecule has 20 heavy (non-hydrogen) atoms. The molecule has 0 spiro atoms. The average Bonchev–Trinajstić information content (AvgIpc) is 2.84. The molecule has 3 nitrogen and oxygen atoms in total. The van der Waals surface area contributed by atoms with Gasteiger partial charge in [0, 0.05) is 0 Å². The van der Waals surface area contributed by atoms with Crippen molar-refractivity contribution < 1.29 is 9.53 Å². The molecule has 2 aromatic heterocycles. The lowest BCUT2D eigenvalue weighted by Gasteiger charge is -2.12. The van der Waals surface area contributed by atoms with Crippen LogP contribution in [0.4, 0.5) is 0 Å². The quantitative estimate of drug-likeness (QED) is 0.782. The number of pyridine rings is 1. The van der Waals surface area contributed by atoms with Gasteiger partial charge >= 0.3 is 5.97 Å². The van der Waals surface area contributed by atoms with Crippen LogP contribution in [-0.4, -0.2) is 17.6 Å². The topological polar surface area (TPSA) is 39.2 Å². The maximum absolute atomic E-state index is 12.0. The van der Waals surface area contributed by atoms with Gasteiger partial charge in [-0.2, -0.15) is 0 Å². The van der Waals surface area contributed by atoms with Gasteiger partial charge in [-0.3, -0.25) is 4.98 Å². The third-order valence-electron chi connectivity index (χ3n) is 3.06. The molecule has 0 N–H and O–H groups in total. The molecule has 106 valence electrons. The predicted molar refractivity (Wildman–Crippen MR) is 82.3 cm³/mol. The number of hydrogen-bond donors (Lipinski definition) is 0. The second kappa shape index (κ2) is 6.18. The van der Waals surface area contributed by atoms with Crippen LogP contribution in [0.3, 0.4) is 0 Å². The molecule has 2 heterocycles. The standard InChI is InChI=1S/C16H19NO2S/c1-5-19-16(18)12-6-7-13(17-14(12)10(2)3)15-11(4)8-9-20-15/h6-10H,5H2,1-4H3. The lowest BCUT2D eigenvalue weighted by atomic mass is 10.0. The molecule has 0 saturated carbocycles. The lowest BCUT2D eigenvalue weighted by molar-refractivity contribution is 0.0524. The second-order valence-electron chi connectivity index (χ2n) is 4.94. The molecule has 0 unspecified atom stereocenters. The van der Waals surface area contributed by atoms with Gasteiger partial charge in [-0.1, -0.05) is 13.8 Å². The molecule has 0 aromatic carbocycles. The third-order valence-corrected chi connectivity index (χ3v) is 4.10. The van der Waals surface area contributed by atoms with E-state index >= 15 is 0 Å². The van der Waals surface area contributed by atoms with Crippen molar-refractivity contribution in [1.29, 1.82) is 0 Å². The van der Waals surface area contributed by atoms with Gasteiger partial charge in [-0.15, -0.1) is 11.3 Å². The lowest BCUT2D eigenvalue weighted by Crippen LogP contribution is -2.11. The van der Waals surface area contributed by atoms with Gasteiger partial charge in [0.05, 0.1) is 28.4 Å². The summed E-state index contributed by atoms with van der Waals surface area (Å²) < 4.78 is 5.10. The fraction of sp³-hybridized carbons (Fsp3) is 0.375. The van der Waals surface area contributed by atoms with E-state index < -0.39 is 0 Å². The highest BCUT2D eigenvalue weighted by Crippen LogP contribution is 2.30. The van der Waals surface area contributed by atoms with Gasteiger partial charge in [-0.25, -0.2) is 4.79 Å². The fourth-order valence-corrected chi connectivity index (χ4v) is 2.95. The number of aryl methyl sites for hydroxylation is 1. The van der Waals surface area contributed by atoms with Crippen LogP contribution < -0.4 is 0 Å². The first-order chi connectivity index (χ1) is 9.54. The van der Waals surface area contributed by atoms with Crippen LogP contribution in [0.2, 0.25) is 0 Å². The molecule has 2 rings (SSSR count). The average molecular weight is 289 g/mol. The molecular formula is C16H19NO2S. The number of esters is 1. The van der Waals surface area contributed by atoms with Crippen molar-refractivity contribution in [1.82, 2.24) is 4.98 Å². The van der Waals surface area contributed by atoms with Crippen LogP contribution in [0.15, 0.2) is 23.6 Å². The molecule has 0 amide bonds. The summed E-state index contributed by atoms with van der Waals surface area (Å²) in [5.41, 5.74) is 3.50. The van der Waals surface area contributed by atoms with Crippen molar-refractivity contribution in [3.05, 3.63) is 40.4 Å². The summed E-state index contributed by atoms with van der Waals surface area (Å²) in [6.45, 7) is 8.33. The van der Waals surface area contributed by atoms with Crippen LogP contribution in [0.25, 0.3) is 10.6 Å². The summed E-state index contributed by atoms with van der Waals surface area (Å²) in [5, 5.41) is 2.06. The fourth-order valence-electron chi connectivity index (χ4n) is 2.06. The maximum atomic E-state index is 12.0. The van der Waals surface area contributed by atoms with Gasteiger partial charge in [-0.05, 0) is 48.9 Å². The number of nitrogens with zero attached hydrogens (tertiary/aromatic N) is 1. The molecule has 2 aromatic rings. The van der Waals surface area contributed by atoms with Crippen molar-refractivity contribution in [3.8, 4) is 10.6 Å². The van der Waals surface area contributed by atoms with Crippen molar-refractivity contribution >= 4 is 17.3 Å². The van der Waals surface area contributed by atoms with Gasteiger partial charge in [0.15, 0.2) is 0 Å². The van der Waals surface area contributed by atoms with Crippen molar-refractivity contribution in [2.75, 3.05) is 6.61 Å². The van der Waals surface area contributed by atoms with Gasteiger partial charge in [0.1, 0.15) is 0 Å². The largest absolute Gasteiger partial charge is 0.462 e. The van der Waals surface area contributed by atoms with Gasteiger partial charge in [0.25, 0.3) is 0 Å². The Balaban J connectivity index is 2.48. The van der Waals surface area contributed by atoms with E-state index in [0.717, 1.165) is 16.3 Å². The van der Waals surface area contributed by atoms with Gasteiger partial charge < -0.3 is 4.74 Å². The van der Waals surface area contributed by atoms with Crippen LogP contribution in [0.1, 0.15) is 48.3 Å². The monoisotopic (exact) mass is 289 g/mol. The van der Waals surface area contributed by atoms with E-state index in [0.29, 0.717) is 12.2 Å². The highest BCUT2D eigenvalue weighted by atomic mass is 32.1. The van der Waals surface area contributed by atoms with Gasteiger partial charge in [0.2, 0.25) is 0 Å². The van der Waals surface area contributed by atoms with Crippen LogP contribution >= 0.6 is 11.3 Å². The molecule has 0 saturated heterocycles. The number of rotatable bonds is 4. The van der Waals surface area contributed by atoms with E-state index in [2.05, 4.69) is 23.4 Å². The van der Waals surface area contributed by atoms with E-state index in [1.54, 1.807) is 11.3 Å². The Morgan fingerprint density at radius 1 is 1.35 bits per heavy atom. The zero-order chi connectivity index (χ0) is 14.7. The minimum absolute atomic E-state index is 0.176. The molecule has 0 bridgehead atoms. The molecule has 0 fully saturated rings. The third kappa shape index (κ3) is 2.90. The number of ether oxygens (including phenoxy) is 1. The summed E-state index contributed by atoms with van der Waals surface area (Å²) in [5.74, 6) is -0.118. The Morgan fingerprint density at radius 2 is 2.10 bits per heavy atom. The van der Waals surface area contributed by atoms with Crippen LogP contribution in [0, 0.1) is 6.92 Å². The summed E-state index contributed by atoms with van der Waals surface area (Å²) >= 11 is 1.67. The molecule has 0 atom stereocenters. The molecule has 0 aliphatic rings. The first kappa shape index (κ1) is 14.7. The second-order valence-corrected chi connectivity index (χ2v) is 5.85. The predicted octanol–water partition coefficient (Wildman–Crippen LogP) is 4.42. The van der Waals surface area contributed by atoms with Crippen molar-refractivity contribution in [2.24, 2.45) is 0 Å². The van der Waals surface area contributed by atoms with Crippen molar-refractivity contribution in [2.45, 2.75) is 33.6 Å². The highest BCUT2D eigenvalue weighted by molar-refractivity contribution is 7.13. The minimum atomic E-state index is -0.293. The molecule has 0 aliphatic carbocycles. The Bertz CT molecular complexity index is 617. The Hall–Kier alpha value is -1.68. The van der Waals surface area contributed by atoms with E-state index in [4.69, 9.17) is 4.74 Å². The zero-order valence-electron chi connectivity index (χ0n) is 12.3. The van der Waals surface area contributed by atoms with Crippen molar-refractivity contribution in [3.63, 3.8) is 0 Å². The summed E-state index contributed by atoms with van der Waals surface area (Å²) in [6, 6.07) is 5.81. The Morgan fingerprint density at radius 3 is 2.65 bits per heavy atom. The number of aromatic nitrogens is 1. The normalized spacial score (nSPS) is 10.8. The molecule has 0 radical (unpaired) electrons. The Kier molecular flexibility index (Phi) is 4.55. The first-order valence-electron chi connectivity index (χ1n) is 6.77. The van der Waals surface area contributed by atoms with E-state index in [9.17, 15) is 4.79 Å². The maximum Gasteiger partial charge on any atom is 0.339 e. The summed E-state index contributed by atoms with van der Waals surface area (Å²) in [7, 11) is 0. The number of carbonyl (C=O) groups excluding carboxylic acids is 1. The molecule has 4 heteroatoms. The number of hydrogen-bond acceptors (Lipinski definition) is 4. The minimum Gasteiger partial charge on any atom is -0.462 e. The summed E-state index contributed by atoms with van der Waals surface area (Å²) in [6.07, 6.45) is 0. The highest BCUT2D eigenvalue weighted by Gasteiger charge is 2.18. The zero-order valence-corrected chi connectivity index (χ0v) is 13.1. The van der Waals surface area contributed by atoms with E-state index in [-0.39, 0.29) is 11.9 Å². The van der Waals surface area contributed by atoms with E-state index in [1.165, 1.54) is 5.56 Å². The van der Waals surface area contributed by atoms with E-state index in [1.807, 2.05) is 32.9 Å². The SMILES string of the molecule is CCOC(=O)c1ccc(-c2sccc2C)nc1C(C)C. The smallest absolute Gasteiger partial charge is 0.339 e. The number of carbonyl (C=O) groups is 1. The van der Waals surface area contributed by atoms with Crippen LogP contribution in [-0.2, 0) is 4.74 Å². The molecular weight excluding hydrogens is 270 g/mol.